The molecule has 1 rings (SSSR count). The van der Waals surface area contributed by atoms with Gasteiger partial charge in [0.2, 0.25) is 0 Å². The summed E-state index contributed by atoms with van der Waals surface area (Å²) in [5.41, 5.74) is 0.399. The molecule has 0 radical (unpaired) electrons. The summed E-state index contributed by atoms with van der Waals surface area (Å²) < 4.78 is 10.3. The van der Waals surface area contributed by atoms with Gasteiger partial charge >= 0.3 is 0 Å². The fourth-order valence-corrected chi connectivity index (χ4v) is 1.34. The Bertz CT molecular complexity index is 336. The second-order valence-corrected chi connectivity index (χ2v) is 3.01. The third kappa shape index (κ3) is 2.17. The largest absolute Gasteiger partial charge is 0.493 e. The highest BCUT2D eigenvalue weighted by atomic mass is 35.5. The number of aldehydes is 1. The second-order valence-electron chi connectivity index (χ2n) is 2.58. The van der Waals surface area contributed by atoms with Crippen molar-refractivity contribution in [1.29, 1.82) is 0 Å². The molecule has 0 atom stereocenters. The van der Waals surface area contributed by atoms with Crippen LogP contribution in [0.15, 0.2) is 12.1 Å². The minimum atomic E-state index is 0.399. The maximum absolute atomic E-state index is 10.7. The molecule has 0 aliphatic heterocycles. The van der Waals surface area contributed by atoms with Crippen LogP contribution in [0.25, 0.3) is 0 Å². The van der Waals surface area contributed by atoms with Crippen LogP contribution in [0.4, 0.5) is 0 Å². The molecule has 0 aromatic heterocycles. The molecule has 1 aromatic carbocycles. The third-order valence-electron chi connectivity index (χ3n) is 1.68. The Morgan fingerprint density at radius 3 is 2.71 bits per heavy atom. The number of hydrogen-bond acceptors (Lipinski definition) is 3. The van der Waals surface area contributed by atoms with Crippen molar-refractivity contribution < 1.29 is 14.3 Å². The topological polar surface area (TPSA) is 35.5 Å². The quantitative estimate of drug-likeness (QED) is 0.723. The summed E-state index contributed by atoms with van der Waals surface area (Å²) in [4.78, 5) is 10.7. The highest BCUT2D eigenvalue weighted by Crippen LogP contribution is 2.33. The van der Waals surface area contributed by atoms with Gasteiger partial charge in [0.05, 0.1) is 19.3 Å². The molecule has 0 spiro atoms. The molecule has 0 unspecified atom stereocenters. The standard InChI is InChI=1S/C10H11ClO3/c1-3-14-10-7(6-12)4-8(11)5-9(10)13-2/h4-6H,3H2,1-2H3. The van der Waals surface area contributed by atoms with Gasteiger partial charge in [0, 0.05) is 11.1 Å². The second kappa shape index (κ2) is 4.86. The molecule has 0 amide bonds. The summed E-state index contributed by atoms with van der Waals surface area (Å²) in [6, 6.07) is 3.15. The molecule has 0 heterocycles. The van der Waals surface area contributed by atoms with Crippen LogP contribution in [-0.2, 0) is 0 Å². The first kappa shape index (κ1) is 10.9. The fraction of sp³-hybridized carbons (Fsp3) is 0.300. The van der Waals surface area contributed by atoms with E-state index in [0.29, 0.717) is 35.0 Å². The van der Waals surface area contributed by atoms with E-state index in [-0.39, 0.29) is 0 Å². The molecule has 76 valence electrons. The number of methoxy groups -OCH3 is 1. The van der Waals surface area contributed by atoms with Crippen LogP contribution >= 0.6 is 11.6 Å². The lowest BCUT2D eigenvalue weighted by molar-refractivity contribution is 0.111. The molecule has 0 aliphatic carbocycles. The van der Waals surface area contributed by atoms with Gasteiger partial charge in [0.25, 0.3) is 0 Å². The zero-order valence-electron chi connectivity index (χ0n) is 8.04. The molecule has 0 bridgehead atoms. The van der Waals surface area contributed by atoms with Crippen molar-refractivity contribution in [3.8, 4) is 11.5 Å². The minimum Gasteiger partial charge on any atom is -0.493 e. The van der Waals surface area contributed by atoms with E-state index in [4.69, 9.17) is 21.1 Å². The predicted octanol–water partition coefficient (Wildman–Crippen LogP) is 2.56. The van der Waals surface area contributed by atoms with Gasteiger partial charge in [-0.2, -0.15) is 0 Å². The summed E-state index contributed by atoms with van der Waals surface area (Å²) in [5, 5.41) is 0.451. The Hall–Kier alpha value is -1.22. The van der Waals surface area contributed by atoms with Crippen LogP contribution < -0.4 is 9.47 Å². The van der Waals surface area contributed by atoms with Crippen molar-refractivity contribution in [2.75, 3.05) is 13.7 Å². The summed E-state index contributed by atoms with van der Waals surface area (Å²) in [7, 11) is 1.50. The number of benzene rings is 1. The van der Waals surface area contributed by atoms with Crippen LogP contribution in [0.5, 0.6) is 11.5 Å². The normalized spacial score (nSPS) is 9.64. The Labute approximate surface area is 87.6 Å². The zero-order chi connectivity index (χ0) is 10.6. The van der Waals surface area contributed by atoms with E-state index in [2.05, 4.69) is 0 Å². The molecular formula is C10H11ClO3. The Kier molecular flexibility index (Phi) is 3.77. The van der Waals surface area contributed by atoms with Crippen LogP contribution in [0.3, 0.4) is 0 Å². The average molecular weight is 215 g/mol. The average Bonchev–Trinajstić information content (AvgIpc) is 2.20. The van der Waals surface area contributed by atoms with Crippen molar-refractivity contribution in [3.05, 3.63) is 22.7 Å². The molecule has 0 N–H and O–H groups in total. The Balaban J connectivity index is 3.24. The molecule has 3 nitrogen and oxygen atoms in total. The van der Waals surface area contributed by atoms with Gasteiger partial charge in [-0.25, -0.2) is 0 Å². The maximum Gasteiger partial charge on any atom is 0.171 e. The van der Waals surface area contributed by atoms with Crippen LogP contribution in [0.2, 0.25) is 5.02 Å². The molecular weight excluding hydrogens is 204 g/mol. The van der Waals surface area contributed by atoms with Gasteiger partial charge in [0.15, 0.2) is 17.8 Å². The van der Waals surface area contributed by atoms with Crippen LogP contribution in [0, 0.1) is 0 Å². The SMILES string of the molecule is CCOc1c(C=O)cc(Cl)cc1OC. The minimum absolute atomic E-state index is 0.399. The summed E-state index contributed by atoms with van der Waals surface area (Å²) in [6.07, 6.45) is 0.694. The van der Waals surface area contributed by atoms with Gasteiger partial charge in [-0.3, -0.25) is 4.79 Å². The zero-order valence-corrected chi connectivity index (χ0v) is 8.80. The van der Waals surface area contributed by atoms with Gasteiger partial charge in [-0.05, 0) is 13.0 Å². The van der Waals surface area contributed by atoms with E-state index in [0.717, 1.165) is 0 Å². The molecule has 0 aliphatic rings. The molecule has 0 fully saturated rings. The smallest absolute Gasteiger partial charge is 0.171 e. The highest BCUT2D eigenvalue weighted by Gasteiger charge is 2.11. The van der Waals surface area contributed by atoms with Crippen molar-refractivity contribution >= 4 is 17.9 Å². The van der Waals surface area contributed by atoms with E-state index >= 15 is 0 Å². The number of carbonyl (C=O) groups is 1. The monoisotopic (exact) mass is 214 g/mol. The first-order valence-corrected chi connectivity index (χ1v) is 4.56. The molecule has 4 heteroatoms. The molecule has 14 heavy (non-hydrogen) atoms. The Morgan fingerprint density at radius 2 is 2.21 bits per heavy atom. The molecule has 1 aromatic rings. The number of ether oxygens (including phenoxy) is 2. The number of rotatable bonds is 4. The maximum atomic E-state index is 10.7. The van der Waals surface area contributed by atoms with E-state index in [1.54, 1.807) is 12.1 Å². The lowest BCUT2D eigenvalue weighted by Crippen LogP contribution is -1.99. The molecule has 0 saturated heterocycles. The summed E-state index contributed by atoms with van der Waals surface area (Å²) in [5.74, 6) is 0.913. The number of carbonyl (C=O) groups excluding carboxylic acids is 1. The number of hydrogen-bond donors (Lipinski definition) is 0. The first-order chi connectivity index (χ1) is 6.72. The number of halogens is 1. The van der Waals surface area contributed by atoms with E-state index in [9.17, 15) is 4.79 Å². The summed E-state index contributed by atoms with van der Waals surface area (Å²) in [6.45, 7) is 2.31. The van der Waals surface area contributed by atoms with Crippen molar-refractivity contribution in [2.24, 2.45) is 0 Å². The van der Waals surface area contributed by atoms with E-state index < -0.39 is 0 Å². The van der Waals surface area contributed by atoms with Crippen molar-refractivity contribution in [1.82, 2.24) is 0 Å². The highest BCUT2D eigenvalue weighted by molar-refractivity contribution is 6.31. The molecule has 0 saturated carbocycles. The third-order valence-corrected chi connectivity index (χ3v) is 1.90. The van der Waals surface area contributed by atoms with Gasteiger partial charge in [-0.1, -0.05) is 11.6 Å². The van der Waals surface area contributed by atoms with Crippen LogP contribution in [0.1, 0.15) is 17.3 Å². The van der Waals surface area contributed by atoms with Crippen molar-refractivity contribution in [3.63, 3.8) is 0 Å². The van der Waals surface area contributed by atoms with Crippen molar-refractivity contribution in [2.45, 2.75) is 6.92 Å². The summed E-state index contributed by atoms with van der Waals surface area (Å²) >= 11 is 5.79. The lowest BCUT2D eigenvalue weighted by atomic mass is 10.2. The van der Waals surface area contributed by atoms with Gasteiger partial charge in [-0.15, -0.1) is 0 Å². The van der Waals surface area contributed by atoms with E-state index in [1.807, 2.05) is 6.92 Å². The lowest BCUT2D eigenvalue weighted by Gasteiger charge is -2.11. The fourth-order valence-electron chi connectivity index (χ4n) is 1.13. The van der Waals surface area contributed by atoms with E-state index in [1.165, 1.54) is 7.11 Å². The van der Waals surface area contributed by atoms with Gasteiger partial charge < -0.3 is 9.47 Å². The van der Waals surface area contributed by atoms with Gasteiger partial charge in [0.1, 0.15) is 0 Å². The predicted molar refractivity (Wildman–Crippen MR) is 54.6 cm³/mol. The first-order valence-electron chi connectivity index (χ1n) is 4.18. The Morgan fingerprint density at radius 1 is 1.50 bits per heavy atom. The van der Waals surface area contributed by atoms with Crippen LogP contribution in [-0.4, -0.2) is 20.0 Å².